The van der Waals surface area contributed by atoms with Gasteiger partial charge in [0.2, 0.25) is 0 Å². The Hall–Kier alpha value is -3.04. The van der Waals surface area contributed by atoms with Gasteiger partial charge in [-0.15, -0.1) is 0 Å². The van der Waals surface area contributed by atoms with Gasteiger partial charge in [-0.3, -0.25) is 9.59 Å². The van der Waals surface area contributed by atoms with Gasteiger partial charge in [-0.25, -0.2) is 4.79 Å². The molecule has 2 amide bonds. The van der Waals surface area contributed by atoms with Gasteiger partial charge in [0.05, 0.1) is 6.10 Å². The summed E-state index contributed by atoms with van der Waals surface area (Å²) in [4.78, 5) is 37.6. The third-order valence-electron chi connectivity index (χ3n) is 6.40. The standard InChI is InChI=1S/C26H30N2O6S/c1-35-13-12-28(15-24(29)30)25(31)23-11-10-17(34-23)14-27-26(32)33-16-22-20-8-4-2-6-18(20)19-7-3-5-9-21(19)22/h2-9,17,22-23H,10-16H2,1H3,(H,27,32)(H,29,30). The lowest BCUT2D eigenvalue weighted by Gasteiger charge is -2.24. The molecule has 0 saturated carbocycles. The summed E-state index contributed by atoms with van der Waals surface area (Å²) in [6, 6.07) is 16.3. The Morgan fingerprint density at radius 1 is 1.09 bits per heavy atom. The molecule has 9 heteroatoms. The number of aliphatic carboxylic acids is 1. The van der Waals surface area contributed by atoms with E-state index >= 15 is 0 Å². The molecule has 0 bridgehead atoms. The predicted octanol–water partition coefficient (Wildman–Crippen LogP) is 3.35. The number of carboxylic acid groups (broad SMARTS) is 1. The number of amides is 2. The molecule has 2 N–H and O–H groups in total. The highest BCUT2D eigenvalue weighted by molar-refractivity contribution is 7.98. The van der Waals surface area contributed by atoms with Gasteiger partial charge >= 0.3 is 12.1 Å². The monoisotopic (exact) mass is 498 g/mol. The van der Waals surface area contributed by atoms with Crippen LogP contribution in [0.2, 0.25) is 0 Å². The quantitative estimate of drug-likeness (QED) is 0.518. The highest BCUT2D eigenvalue weighted by atomic mass is 32.2. The zero-order valence-corrected chi connectivity index (χ0v) is 20.5. The van der Waals surface area contributed by atoms with E-state index in [1.807, 2.05) is 30.5 Å². The van der Waals surface area contributed by atoms with E-state index in [1.165, 1.54) is 16.0 Å². The summed E-state index contributed by atoms with van der Waals surface area (Å²) in [6.45, 7) is 0.465. The summed E-state index contributed by atoms with van der Waals surface area (Å²) in [5, 5.41) is 11.9. The van der Waals surface area contributed by atoms with E-state index in [1.54, 1.807) is 11.8 Å². The summed E-state index contributed by atoms with van der Waals surface area (Å²) < 4.78 is 11.4. The van der Waals surface area contributed by atoms with E-state index in [0.29, 0.717) is 25.1 Å². The second-order valence-electron chi connectivity index (χ2n) is 8.68. The molecule has 2 aromatic rings. The molecule has 1 heterocycles. The van der Waals surface area contributed by atoms with Gasteiger partial charge in [-0.2, -0.15) is 11.8 Å². The van der Waals surface area contributed by atoms with E-state index in [-0.39, 0.29) is 37.6 Å². The fraction of sp³-hybridized carbons (Fsp3) is 0.423. The molecule has 4 rings (SSSR count). The maximum atomic E-state index is 12.7. The van der Waals surface area contributed by atoms with Gasteiger partial charge in [0.1, 0.15) is 19.3 Å². The number of ether oxygens (including phenoxy) is 2. The lowest BCUT2D eigenvalue weighted by molar-refractivity contribution is -0.149. The number of hydrogen-bond donors (Lipinski definition) is 2. The number of fused-ring (bicyclic) bond motifs is 3. The van der Waals surface area contributed by atoms with Crippen molar-refractivity contribution >= 4 is 29.7 Å². The molecule has 186 valence electrons. The molecule has 1 aliphatic heterocycles. The van der Waals surface area contributed by atoms with Crippen LogP contribution in [0.3, 0.4) is 0 Å². The van der Waals surface area contributed by atoms with Crippen molar-refractivity contribution in [2.24, 2.45) is 0 Å². The molecule has 1 fully saturated rings. The number of carbonyl (C=O) groups excluding carboxylic acids is 2. The van der Waals surface area contributed by atoms with Crippen molar-refractivity contribution in [1.82, 2.24) is 10.2 Å². The van der Waals surface area contributed by atoms with Crippen LogP contribution in [0.4, 0.5) is 4.79 Å². The van der Waals surface area contributed by atoms with E-state index in [2.05, 4.69) is 29.6 Å². The first-order valence-corrected chi connectivity index (χ1v) is 13.1. The highest BCUT2D eigenvalue weighted by Crippen LogP contribution is 2.44. The largest absolute Gasteiger partial charge is 0.480 e. The molecule has 2 aromatic carbocycles. The Morgan fingerprint density at radius 3 is 2.37 bits per heavy atom. The minimum atomic E-state index is -1.05. The van der Waals surface area contributed by atoms with Crippen molar-refractivity contribution in [3.63, 3.8) is 0 Å². The second kappa shape index (κ2) is 11.6. The molecule has 0 spiro atoms. The molecule has 1 aliphatic carbocycles. The number of nitrogens with zero attached hydrogens (tertiary/aromatic N) is 1. The molecule has 2 unspecified atom stereocenters. The molecular weight excluding hydrogens is 468 g/mol. The Bertz CT molecular complexity index is 1030. The zero-order valence-electron chi connectivity index (χ0n) is 19.6. The Balaban J connectivity index is 1.26. The highest BCUT2D eigenvalue weighted by Gasteiger charge is 2.34. The molecule has 2 atom stereocenters. The van der Waals surface area contributed by atoms with Gasteiger partial charge in [0, 0.05) is 24.8 Å². The molecule has 1 saturated heterocycles. The lowest BCUT2D eigenvalue weighted by atomic mass is 9.98. The third-order valence-corrected chi connectivity index (χ3v) is 6.99. The van der Waals surface area contributed by atoms with Crippen molar-refractivity contribution in [3.05, 3.63) is 59.7 Å². The van der Waals surface area contributed by atoms with Crippen molar-refractivity contribution in [3.8, 4) is 11.1 Å². The van der Waals surface area contributed by atoms with Gasteiger partial charge in [-0.05, 0) is 41.4 Å². The van der Waals surface area contributed by atoms with Crippen LogP contribution in [0.5, 0.6) is 0 Å². The Morgan fingerprint density at radius 2 is 1.74 bits per heavy atom. The second-order valence-corrected chi connectivity index (χ2v) is 9.66. The van der Waals surface area contributed by atoms with Crippen LogP contribution in [-0.2, 0) is 19.1 Å². The van der Waals surface area contributed by atoms with E-state index in [9.17, 15) is 14.4 Å². The van der Waals surface area contributed by atoms with E-state index in [4.69, 9.17) is 14.6 Å². The lowest BCUT2D eigenvalue weighted by Crippen LogP contribution is -2.43. The number of thioether (sulfide) groups is 1. The van der Waals surface area contributed by atoms with Gasteiger partial charge in [-0.1, -0.05) is 48.5 Å². The van der Waals surface area contributed by atoms with Crippen molar-refractivity contribution in [1.29, 1.82) is 0 Å². The first-order chi connectivity index (χ1) is 17.0. The number of alkyl carbamates (subject to hydrolysis) is 1. The topological polar surface area (TPSA) is 105 Å². The molecule has 0 radical (unpaired) electrons. The third kappa shape index (κ3) is 5.97. The molecule has 35 heavy (non-hydrogen) atoms. The van der Waals surface area contributed by atoms with Gasteiger partial charge in [0.25, 0.3) is 5.91 Å². The SMILES string of the molecule is CSCCN(CC(=O)O)C(=O)C1CCC(CNC(=O)OCC2c3ccccc3-c3ccccc32)O1. The minimum Gasteiger partial charge on any atom is -0.480 e. The van der Waals surface area contributed by atoms with Crippen LogP contribution in [0.15, 0.2) is 48.5 Å². The van der Waals surface area contributed by atoms with Gasteiger partial charge in [0.15, 0.2) is 0 Å². The maximum Gasteiger partial charge on any atom is 0.407 e. The normalized spacial score (nSPS) is 18.5. The van der Waals surface area contributed by atoms with Crippen molar-refractivity contribution < 1.29 is 29.0 Å². The summed E-state index contributed by atoms with van der Waals surface area (Å²) in [5.41, 5.74) is 4.63. The average molecular weight is 499 g/mol. The first kappa shape index (κ1) is 25.1. The van der Waals surface area contributed by atoms with E-state index < -0.39 is 18.2 Å². The van der Waals surface area contributed by atoms with Gasteiger partial charge < -0.3 is 24.8 Å². The van der Waals surface area contributed by atoms with Crippen LogP contribution in [0, 0.1) is 0 Å². The van der Waals surface area contributed by atoms with Crippen LogP contribution in [0.1, 0.15) is 29.9 Å². The fourth-order valence-electron chi connectivity index (χ4n) is 4.72. The molecule has 8 nitrogen and oxygen atoms in total. The van der Waals surface area contributed by atoms with Crippen molar-refractivity contribution in [2.45, 2.75) is 31.0 Å². The Labute approximate surface area is 209 Å². The van der Waals surface area contributed by atoms with Crippen LogP contribution >= 0.6 is 11.8 Å². The summed E-state index contributed by atoms with van der Waals surface area (Å²) in [6.07, 6.45) is 1.45. The summed E-state index contributed by atoms with van der Waals surface area (Å²) in [5.74, 6) is -0.728. The van der Waals surface area contributed by atoms with Crippen molar-refractivity contribution in [2.75, 3.05) is 38.2 Å². The number of carboxylic acids is 1. The number of hydrogen-bond acceptors (Lipinski definition) is 6. The van der Waals surface area contributed by atoms with Crippen LogP contribution in [-0.4, -0.2) is 78.4 Å². The van der Waals surface area contributed by atoms with Crippen LogP contribution in [0.25, 0.3) is 11.1 Å². The maximum absolute atomic E-state index is 12.7. The number of nitrogens with one attached hydrogen (secondary N) is 1. The zero-order chi connectivity index (χ0) is 24.8. The number of benzene rings is 2. The molecule has 0 aromatic heterocycles. The average Bonchev–Trinajstić information content (AvgIpc) is 3.46. The van der Waals surface area contributed by atoms with E-state index in [0.717, 1.165) is 11.1 Å². The fourth-order valence-corrected chi connectivity index (χ4v) is 5.12. The predicted molar refractivity (Wildman–Crippen MR) is 134 cm³/mol. The summed E-state index contributed by atoms with van der Waals surface area (Å²) >= 11 is 1.55. The molecular formula is C26H30N2O6S. The first-order valence-electron chi connectivity index (χ1n) is 11.7. The molecule has 2 aliphatic rings. The summed E-state index contributed by atoms with van der Waals surface area (Å²) in [7, 11) is 0. The minimum absolute atomic E-state index is 0.0145. The number of rotatable bonds is 10. The van der Waals surface area contributed by atoms with Crippen LogP contribution < -0.4 is 5.32 Å². The smallest absolute Gasteiger partial charge is 0.407 e. The number of carbonyl (C=O) groups is 3. The Kier molecular flexibility index (Phi) is 8.30.